The number of rotatable bonds is 3. The van der Waals surface area contributed by atoms with E-state index in [4.69, 9.17) is 0 Å². The number of nitrogens with one attached hydrogen (secondary N) is 1. The molecule has 1 aromatic rings. The van der Waals surface area contributed by atoms with Crippen molar-refractivity contribution in [2.75, 3.05) is 13.1 Å². The second-order valence-corrected chi connectivity index (χ2v) is 6.16. The number of nitrogens with zero attached hydrogens (tertiary/aromatic N) is 1. The zero-order chi connectivity index (χ0) is 13.9. The van der Waals surface area contributed by atoms with Crippen molar-refractivity contribution in [1.82, 2.24) is 10.2 Å². The second-order valence-electron chi connectivity index (χ2n) is 6.16. The number of hydrogen-bond acceptors (Lipinski definition) is 2. The minimum absolute atomic E-state index is 0. The van der Waals surface area contributed by atoms with Crippen LogP contribution in [0.1, 0.15) is 49.3 Å². The van der Waals surface area contributed by atoms with Crippen molar-refractivity contribution in [2.45, 2.75) is 51.1 Å². The summed E-state index contributed by atoms with van der Waals surface area (Å²) in [6.45, 7) is 4.11. The number of benzene rings is 1. The summed E-state index contributed by atoms with van der Waals surface area (Å²) in [6.07, 6.45) is 5.26. The Kier molecular flexibility index (Phi) is 5.65. The molecular formula is C17H25ClN2O. The molecule has 2 aliphatic heterocycles. The molecule has 0 bridgehead atoms. The molecule has 3 nitrogen and oxygen atoms in total. The predicted molar refractivity (Wildman–Crippen MR) is 87.8 cm³/mol. The van der Waals surface area contributed by atoms with Crippen molar-refractivity contribution < 1.29 is 4.79 Å². The summed E-state index contributed by atoms with van der Waals surface area (Å²) >= 11 is 0. The van der Waals surface area contributed by atoms with Crippen LogP contribution in [0, 0.1) is 6.92 Å². The molecule has 1 amide bonds. The van der Waals surface area contributed by atoms with Gasteiger partial charge in [0.1, 0.15) is 0 Å². The molecule has 0 aliphatic carbocycles. The molecule has 1 N–H and O–H groups in total. The minimum atomic E-state index is 0. The van der Waals surface area contributed by atoms with Gasteiger partial charge in [-0.25, -0.2) is 0 Å². The monoisotopic (exact) mass is 308 g/mol. The maximum absolute atomic E-state index is 12.6. The van der Waals surface area contributed by atoms with Crippen LogP contribution in [-0.4, -0.2) is 29.9 Å². The molecule has 4 heteroatoms. The first kappa shape index (κ1) is 16.3. The van der Waals surface area contributed by atoms with Crippen LogP contribution in [0.3, 0.4) is 0 Å². The van der Waals surface area contributed by atoms with Gasteiger partial charge < -0.3 is 10.2 Å². The fourth-order valence-electron chi connectivity index (χ4n) is 3.55. The third-order valence-electron chi connectivity index (χ3n) is 4.58. The highest BCUT2D eigenvalue weighted by Gasteiger charge is 2.31. The van der Waals surface area contributed by atoms with Crippen LogP contribution in [0.2, 0.25) is 0 Å². The van der Waals surface area contributed by atoms with Gasteiger partial charge in [0, 0.05) is 19.0 Å². The number of amides is 1. The highest BCUT2D eigenvalue weighted by molar-refractivity contribution is 5.85. The van der Waals surface area contributed by atoms with Crippen LogP contribution < -0.4 is 5.32 Å². The Labute approximate surface area is 133 Å². The first-order chi connectivity index (χ1) is 9.74. The van der Waals surface area contributed by atoms with E-state index in [1.165, 1.54) is 17.5 Å². The first-order valence-electron chi connectivity index (χ1n) is 7.83. The maximum Gasteiger partial charge on any atom is 0.224 e. The van der Waals surface area contributed by atoms with Crippen molar-refractivity contribution in [2.24, 2.45) is 0 Å². The summed E-state index contributed by atoms with van der Waals surface area (Å²) in [5, 5.41) is 3.43. The topological polar surface area (TPSA) is 32.3 Å². The molecule has 1 aromatic carbocycles. The van der Waals surface area contributed by atoms with E-state index in [2.05, 4.69) is 41.4 Å². The van der Waals surface area contributed by atoms with Crippen LogP contribution in [0.4, 0.5) is 0 Å². The first-order valence-corrected chi connectivity index (χ1v) is 7.83. The smallest absolute Gasteiger partial charge is 0.224 e. The summed E-state index contributed by atoms with van der Waals surface area (Å²) in [5.41, 5.74) is 2.58. The lowest BCUT2D eigenvalue weighted by Crippen LogP contribution is -2.35. The SMILES string of the molecule is Cc1cccc(C2CCCN2C(=O)CC2CCCN2)c1.Cl. The lowest BCUT2D eigenvalue weighted by Gasteiger charge is -2.26. The average Bonchev–Trinajstić information content (AvgIpc) is 3.09. The van der Waals surface area contributed by atoms with Crippen molar-refractivity contribution >= 4 is 18.3 Å². The fraction of sp³-hybridized carbons (Fsp3) is 0.588. The Morgan fingerprint density at radius 1 is 1.33 bits per heavy atom. The third kappa shape index (κ3) is 3.78. The van der Waals surface area contributed by atoms with Gasteiger partial charge in [0.25, 0.3) is 0 Å². The third-order valence-corrected chi connectivity index (χ3v) is 4.58. The summed E-state index contributed by atoms with van der Waals surface area (Å²) in [4.78, 5) is 14.7. The van der Waals surface area contributed by atoms with Crippen LogP contribution in [0.25, 0.3) is 0 Å². The predicted octanol–water partition coefficient (Wildman–Crippen LogP) is 3.22. The zero-order valence-electron chi connectivity index (χ0n) is 12.7. The summed E-state index contributed by atoms with van der Waals surface area (Å²) in [7, 11) is 0. The molecule has 116 valence electrons. The summed E-state index contributed by atoms with van der Waals surface area (Å²) in [6, 6.07) is 9.31. The van der Waals surface area contributed by atoms with E-state index < -0.39 is 0 Å². The van der Waals surface area contributed by atoms with Crippen molar-refractivity contribution in [3.63, 3.8) is 0 Å². The van der Waals surface area contributed by atoms with Gasteiger partial charge in [0.15, 0.2) is 0 Å². The van der Waals surface area contributed by atoms with Gasteiger partial charge in [0.05, 0.1) is 6.04 Å². The molecule has 0 aromatic heterocycles. The zero-order valence-corrected chi connectivity index (χ0v) is 13.5. The number of carbonyl (C=O) groups is 1. The molecule has 0 radical (unpaired) electrons. The molecule has 2 unspecified atom stereocenters. The van der Waals surface area contributed by atoms with Crippen molar-refractivity contribution in [3.05, 3.63) is 35.4 Å². The van der Waals surface area contributed by atoms with E-state index in [0.717, 1.165) is 32.4 Å². The Balaban J connectivity index is 0.00000161. The molecular weight excluding hydrogens is 284 g/mol. The number of aryl methyl sites for hydroxylation is 1. The number of likely N-dealkylation sites (tertiary alicyclic amines) is 1. The Morgan fingerprint density at radius 2 is 2.19 bits per heavy atom. The fourth-order valence-corrected chi connectivity index (χ4v) is 3.55. The van der Waals surface area contributed by atoms with Gasteiger partial charge in [-0.3, -0.25) is 4.79 Å². The molecule has 0 spiro atoms. The Bertz CT molecular complexity index is 485. The van der Waals surface area contributed by atoms with Gasteiger partial charge in [-0.1, -0.05) is 29.8 Å². The molecule has 2 atom stereocenters. The molecule has 2 heterocycles. The normalized spacial score (nSPS) is 24.9. The number of carbonyl (C=O) groups excluding carboxylic acids is 1. The molecule has 2 fully saturated rings. The van der Waals surface area contributed by atoms with Gasteiger partial charge in [0.2, 0.25) is 5.91 Å². The average molecular weight is 309 g/mol. The van der Waals surface area contributed by atoms with Crippen LogP contribution in [0.15, 0.2) is 24.3 Å². The molecule has 2 saturated heterocycles. The van der Waals surface area contributed by atoms with Gasteiger partial charge >= 0.3 is 0 Å². The number of hydrogen-bond donors (Lipinski definition) is 1. The van der Waals surface area contributed by atoms with Crippen LogP contribution in [0.5, 0.6) is 0 Å². The van der Waals surface area contributed by atoms with E-state index in [1.54, 1.807) is 0 Å². The summed E-state index contributed by atoms with van der Waals surface area (Å²) < 4.78 is 0. The van der Waals surface area contributed by atoms with E-state index >= 15 is 0 Å². The number of halogens is 1. The Morgan fingerprint density at radius 3 is 2.90 bits per heavy atom. The van der Waals surface area contributed by atoms with Crippen LogP contribution >= 0.6 is 12.4 Å². The maximum atomic E-state index is 12.6. The minimum Gasteiger partial charge on any atom is -0.336 e. The molecule has 21 heavy (non-hydrogen) atoms. The second kappa shape index (κ2) is 7.28. The standard InChI is InChI=1S/C17H24N2O.ClH/c1-13-5-2-6-14(11-13)16-8-4-10-19(16)17(20)12-15-7-3-9-18-15;/h2,5-6,11,15-16,18H,3-4,7-10,12H2,1H3;1H. The van der Waals surface area contributed by atoms with Gasteiger partial charge in [-0.05, 0) is 44.7 Å². The van der Waals surface area contributed by atoms with E-state index in [-0.39, 0.29) is 12.4 Å². The van der Waals surface area contributed by atoms with Gasteiger partial charge in [-0.15, -0.1) is 12.4 Å². The molecule has 0 saturated carbocycles. The van der Waals surface area contributed by atoms with Crippen molar-refractivity contribution in [3.8, 4) is 0 Å². The van der Waals surface area contributed by atoms with Crippen LogP contribution in [-0.2, 0) is 4.79 Å². The quantitative estimate of drug-likeness (QED) is 0.930. The molecule has 3 rings (SSSR count). The van der Waals surface area contributed by atoms with Crippen molar-refractivity contribution in [1.29, 1.82) is 0 Å². The highest BCUT2D eigenvalue weighted by Crippen LogP contribution is 2.33. The van der Waals surface area contributed by atoms with E-state index in [9.17, 15) is 4.79 Å². The summed E-state index contributed by atoms with van der Waals surface area (Å²) in [5.74, 6) is 0.327. The lowest BCUT2D eigenvalue weighted by molar-refractivity contribution is -0.132. The largest absolute Gasteiger partial charge is 0.336 e. The van der Waals surface area contributed by atoms with Gasteiger partial charge in [-0.2, -0.15) is 0 Å². The van der Waals surface area contributed by atoms with E-state index in [1.807, 2.05) is 0 Å². The lowest BCUT2D eigenvalue weighted by atomic mass is 10.0. The highest BCUT2D eigenvalue weighted by atomic mass is 35.5. The molecule has 2 aliphatic rings. The Hall–Kier alpha value is -1.06. The van der Waals surface area contributed by atoms with E-state index in [0.29, 0.717) is 24.4 Å².